The Morgan fingerprint density at radius 3 is 2.00 bits per heavy atom. The molecule has 0 aromatic heterocycles. The number of rotatable bonds is 11. The molecule has 6 heteroatoms. The second-order valence-corrected chi connectivity index (χ2v) is 6.52. The van der Waals surface area contributed by atoms with Crippen LogP contribution in [0.3, 0.4) is 0 Å². The summed E-state index contributed by atoms with van der Waals surface area (Å²) in [6.07, 6.45) is 0. The molecule has 0 unspecified atom stereocenters. The first kappa shape index (κ1) is 20.4. The predicted octanol–water partition coefficient (Wildman–Crippen LogP) is 1.24. The van der Waals surface area contributed by atoms with E-state index in [1.54, 1.807) is 0 Å². The molecule has 0 aliphatic carbocycles. The average molecular weight is 330 g/mol. The van der Waals surface area contributed by atoms with Gasteiger partial charge in [0.15, 0.2) is 0 Å². The Labute approximate surface area is 141 Å². The summed E-state index contributed by atoms with van der Waals surface area (Å²) in [4.78, 5) is 16.2. The van der Waals surface area contributed by atoms with Crippen LogP contribution in [0, 0.1) is 5.92 Å². The maximum absolute atomic E-state index is 11.2. The van der Waals surface area contributed by atoms with Crippen molar-refractivity contribution in [2.45, 2.75) is 33.7 Å². The van der Waals surface area contributed by atoms with Crippen molar-refractivity contribution in [1.82, 2.24) is 9.80 Å². The number of carbonyl (C=O) groups excluding carboxylic acids is 1. The van der Waals surface area contributed by atoms with Crippen LogP contribution in [0.5, 0.6) is 0 Å². The molecular weight excluding hydrogens is 296 g/mol. The van der Waals surface area contributed by atoms with E-state index in [9.17, 15) is 4.79 Å². The van der Waals surface area contributed by atoms with Crippen LogP contribution in [0.15, 0.2) is 0 Å². The molecule has 0 atom stereocenters. The van der Waals surface area contributed by atoms with E-state index in [0.717, 1.165) is 39.3 Å². The van der Waals surface area contributed by atoms with Gasteiger partial charge in [-0.25, -0.2) is 0 Å². The van der Waals surface area contributed by atoms with E-state index in [4.69, 9.17) is 14.2 Å². The number of hydrogen-bond donors (Lipinski definition) is 0. The molecule has 1 rings (SSSR count). The zero-order chi connectivity index (χ0) is 17.1. The van der Waals surface area contributed by atoms with Gasteiger partial charge < -0.3 is 14.2 Å². The summed E-state index contributed by atoms with van der Waals surface area (Å²) in [5.41, 5.74) is 0. The highest BCUT2D eigenvalue weighted by Crippen LogP contribution is 2.05. The minimum absolute atomic E-state index is 0.0827. The van der Waals surface area contributed by atoms with Gasteiger partial charge in [-0.05, 0) is 13.8 Å². The van der Waals surface area contributed by atoms with E-state index in [2.05, 4.69) is 23.6 Å². The lowest BCUT2D eigenvalue weighted by molar-refractivity contribution is -0.149. The van der Waals surface area contributed by atoms with E-state index in [1.165, 1.54) is 0 Å². The monoisotopic (exact) mass is 330 g/mol. The molecule has 1 saturated heterocycles. The summed E-state index contributed by atoms with van der Waals surface area (Å²) in [6.45, 7) is 16.3. The smallest absolute Gasteiger partial charge is 0.308 e. The van der Waals surface area contributed by atoms with Crippen molar-refractivity contribution < 1.29 is 19.0 Å². The minimum Gasteiger partial charge on any atom is -0.463 e. The number of esters is 1. The molecule has 0 radical (unpaired) electrons. The highest BCUT2D eigenvalue weighted by molar-refractivity contribution is 5.71. The molecule has 136 valence electrons. The summed E-state index contributed by atoms with van der Waals surface area (Å²) < 4.78 is 16.0. The zero-order valence-corrected chi connectivity index (χ0v) is 15.3. The van der Waals surface area contributed by atoms with Crippen LogP contribution < -0.4 is 0 Å². The fraction of sp³-hybridized carbons (Fsp3) is 0.941. The molecule has 23 heavy (non-hydrogen) atoms. The number of piperazine rings is 1. The van der Waals surface area contributed by atoms with Crippen molar-refractivity contribution in [2.24, 2.45) is 5.92 Å². The fourth-order valence-corrected chi connectivity index (χ4v) is 2.39. The normalized spacial score (nSPS) is 17.1. The maximum atomic E-state index is 11.2. The predicted molar refractivity (Wildman–Crippen MR) is 90.6 cm³/mol. The second-order valence-electron chi connectivity index (χ2n) is 6.52. The highest BCUT2D eigenvalue weighted by Gasteiger charge is 2.18. The quantitative estimate of drug-likeness (QED) is 0.420. The minimum atomic E-state index is -0.178. The van der Waals surface area contributed by atoms with Gasteiger partial charge in [-0.15, -0.1) is 0 Å². The van der Waals surface area contributed by atoms with E-state index in [1.807, 2.05) is 13.8 Å². The van der Waals surface area contributed by atoms with E-state index in [0.29, 0.717) is 32.5 Å². The van der Waals surface area contributed by atoms with Crippen LogP contribution in [0.2, 0.25) is 0 Å². The SMILES string of the molecule is CC(C)C(=O)OCCOCCOCCN1CCN(C(C)C)CC1. The van der Waals surface area contributed by atoms with Crippen molar-refractivity contribution >= 4 is 5.97 Å². The van der Waals surface area contributed by atoms with E-state index >= 15 is 0 Å². The third-order valence-corrected chi connectivity index (χ3v) is 4.00. The molecular formula is C17H34N2O4. The number of nitrogens with zero attached hydrogens (tertiary/aromatic N) is 2. The van der Waals surface area contributed by atoms with Crippen LogP contribution in [-0.4, -0.2) is 87.6 Å². The van der Waals surface area contributed by atoms with Crippen molar-refractivity contribution in [2.75, 3.05) is 65.8 Å². The lowest BCUT2D eigenvalue weighted by atomic mass is 10.2. The Morgan fingerprint density at radius 2 is 1.43 bits per heavy atom. The van der Waals surface area contributed by atoms with E-state index < -0.39 is 0 Å². The van der Waals surface area contributed by atoms with Gasteiger partial charge in [-0.3, -0.25) is 14.6 Å². The van der Waals surface area contributed by atoms with Crippen LogP contribution in [0.1, 0.15) is 27.7 Å². The van der Waals surface area contributed by atoms with Crippen LogP contribution in [-0.2, 0) is 19.0 Å². The van der Waals surface area contributed by atoms with Crippen molar-refractivity contribution in [3.8, 4) is 0 Å². The van der Waals surface area contributed by atoms with Gasteiger partial charge in [0.1, 0.15) is 6.61 Å². The Balaban J connectivity index is 1.86. The first-order chi connectivity index (χ1) is 11.0. The summed E-state index contributed by atoms with van der Waals surface area (Å²) in [7, 11) is 0. The van der Waals surface area contributed by atoms with Gasteiger partial charge in [0.05, 0.1) is 32.3 Å². The summed E-state index contributed by atoms with van der Waals surface area (Å²) >= 11 is 0. The third kappa shape index (κ3) is 9.25. The second kappa shape index (κ2) is 11.8. The van der Waals surface area contributed by atoms with Crippen molar-refractivity contribution in [1.29, 1.82) is 0 Å². The summed E-state index contributed by atoms with van der Waals surface area (Å²) in [5, 5.41) is 0. The van der Waals surface area contributed by atoms with Gasteiger partial charge in [0.25, 0.3) is 0 Å². The first-order valence-corrected chi connectivity index (χ1v) is 8.79. The molecule has 1 aliphatic heterocycles. The Morgan fingerprint density at radius 1 is 0.870 bits per heavy atom. The fourth-order valence-electron chi connectivity index (χ4n) is 2.39. The Hall–Kier alpha value is -0.690. The molecule has 0 aromatic rings. The molecule has 0 bridgehead atoms. The Bertz CT molecular complexity index is 316. The largest absolute Gasteiger partial charge is 0.463 e. The molecule has 1 aliphatic rings. The molecule has 0 spiro atoms. The summed E-state index contributed by atoms with van der Waals surface area (Å²) in [6, 6.07) is 0.644. The molecule has 0 aromatic carbocycles. The molecule has 1 fully saturated rings. The topological polar surface area (TPSA) is 51.2 Å². The van der Waals surface area contributed by atoms with Crippen molar-refractivity contribution in [3.63, 3.8) is 0 Å². The van der Waals surface area contributed by atoms with Crippen LogP contribution in [0.25, 0.3) is 0 Å². The molecule has 0 N–H and O–H groups in total. The average Bonchev–Trinajstić information content (AvgIpc) is 2.53. The van der Waals surface area contributed by atoms with Gasteiger partial charge in [0, 0.05) is 38.8 Å². The highest BCUT2D eigenvalue weighted by atomic mass is 16.6. The molecule has 0 amide bonds. The zero-order valence-electron chi connectivity index (χ0n) is 15.3. The number of ether oxygens (including phenoxy) is 3. The van der Waals surface area contributed by atoms with Crippen LogP contribution >= 0.6 is 0 Å². The van der Waals surface area contributed by atoms with E-state index in [-0.39, 0.29) is 11.9 Å². The Kier molecular flexibility index (Phi) is 10.4. The van der Waals surface area contributed by atoms with Gasteiger partial charge in [0.2, 0.25) is 0 Å². The molecule has 1 heterocycles. The number of carbonyl (C=O) groups is 1. The standard InChI is InChI=1S/C17H34N2O4/c1-15(2)17(20)23-14-13-22-12-11-21-10-9-18-5-7-19(8-6-18)16(3)4/h15-16H,5-14H2,1-4H3. The first-order valence-electron chi connectivity index (χ1n) is 8.79. The van der Waals surface area contributed by atoms with Crippen molar-refractivity contribution in [3.05, 3.63) is 0 Å². The molecule has 6 nitrogen and oxygen atoms in total. The lowest BCUT2D eigenvalue weighted by Crippen LogP contribution is -2.49. The lowest BCUT2D eigenvalue weighted by Gasteiger charge is -2.36. The number of hydrogen-bond acceptors (Lipinski definition) is 6. The third-order valence-electron chi connectivity index (χ3n) is 4.00. The van der Waals surface area contributed by atoms with Gasteiger partial charge in [-0.1, -0.05) is 13.8 Å². The maximum Gasteiger partial charge on any atom is 0.308 e. The van der Waals surface area contributed by atoms with Gasteiger partial charge >= 0.3 is 5.97 Å². The molecule has 0 saturated carbocycles. The van der Waals surface area contributed by atoms with Crippen LogP contribution in [0.4, 0.5) is 0 Å². The van der Waals surface area contributed by atoms with Gasteiger partial charge in [-0.2, -0.15) is 0 Å². The summed E-state index contributed by atoms with van der Waals surface area (Å²) in [5.74, 6) is -0.261.